The number of ether oxygens (including phenoxy) is 2. The lowest BCUT2D eigenvalue weighted by molar-refractivity contribution is -0.123. The molecular weight excluding hydrogens is 461 g/mol. The van der Waals surface area contributed by atoms with Crippen LogP contribution in [0.15, 0.2) is 66.9 Å². The Morgan fingerprint density at radius 2 is 1.75 bits per heavy atom. The lowest BCUT2D eigenvalue weighted by Gasteiger charge is -2.34. The number of nitrogens with one attached hydrogen (secondary N) is 1. The van der Waals surface area contributed by atoms with E-state index in [1.54, 1.807) is 36.4 Å². The molecular formula is C28H30FN3O4. The fourth-order valence-electron chi connectivity index (χ4n) is 4.57. The summed E-state index contributed by atoms with van der Waals surface area (Å²) < 4.78 is 24.8. The summed E-state index contributed by atoms with van der Waals surface area (Å²) in [6, 6.07) is 14.5. The molecule has 1 N–H and O–H groups in total. The molecule has 3 aromatic rings. The van der Waals surface area contributed by atoms with Gasteiger partial charge in [-0.15, -0.1) is 0 Å². The molecule has 4 rings (SSSR count). The molecule has 0 bridgehead atoms. The Balaban J connectivity index is 1.86. The zero-order chi connectivity index (χ0) is 25.5. The van der Waals surface area contributed by atoms with Gasteiger partial charge in [0.05, 0.1) is 14.2 Å². The van der Waals surface area contributed by atoms with Gasteiger partial charge < -0.3 is 14.8 Å². The summed E-state index contributed by atoms with van der Waals surface area (Å²) in [5.41, 5.74) is 0.985. The molecule has 1 heterocycles. The molecule has 0 spiro atoms. The maximum Gasteiger partial charge on any atom is 0.277 e. The highest BCUT2D eigenvalue weighted by molar-refractivity contribution is 6.09. The van der Waals surface area contributed by atoms with Crippen LogP contribution in [0.4, 0.5) is 10.1 Å². The Morgan fingerprint density at radius 3 is 2.39 bits per heavy atom. The van der Waals surface area contributed by atoms with Gasteiger partial charge in [0.15, 0.2) is 0 Å². The number of nitrogens with zero attached hydrogens (tertiary/aromatic N) is 2. The zero-order valence-electron chi connectivity index (χ0n) is 20.4. The van der Waals surface area contributed by atoms with Crippen molar-refractivity contribution in [2.75, 3.05) is 19.1 Å². The minimum atomic E-state index is -1.10. The highest BCUT2D eigenvalue weighted by Crippen LogP contribution is 2.37. The zero-order valence-corrected chi connectivity index (χ0v) is 20.4. The van der Waals surface area contributed by atoms with Crippen LogP contribution in [-0.4, -0.2) is 37.1 Å². The lowest BCUT2D eigenvalue weighted by Crippen LogP contribution is -2.47. The topological polar surface area (TPSA) is 80.8 Å². The Hall–Kier alpha value is -3.94. The van der Waals surface area contributed by atoms with Crippen molar-refractivity contribution in [3.8, 4) is 11.5 Å². The summed E-state index contributed by atoms with van der Waals surface area (Å²) in [6.45, 7) is 0. The van der Waals surface area contributed by atoms with Crippen molar-refractivity contribution in [1.29, 1.82) is 0 Å². The van der Waals surface area contributed by atoms with E-state index in [2.05, 4.69) is 10.3 Å². The van der Waals surface area contributed by atoms with Gasteiger partial charge in [-0.2, -0.15) is 0 Å². The van der Waals surface area contributed by atoms with Crippen molar-refractivity contribution in [1.82, 2.24) is 10.3 Å². The summed E-state index contributed by atoms with van der Waals surface area (Å²) in [6.07, 6.45) is 6.49. The quantitative estimate of drug-likeness (QED) is 0.476. The highest BCUT2D eigenvalue weighted by atomic mass is 19.1. The highest BCUT2D eigenvalue weighted by Gasteiger charge is 2.37. The van der Waals surface area contributed by atoms with E-state index in [9.17, 15) is 14.0 Å². The Labute approximate surface area is 210 Å². The molecule has 8 heteroatoms. The summed E-state index contributed by atoms with van der Waals surface area (Å²) in [5, 5.41) is 3.15. The average molecular weight is 492 g/mol. The largest absolute Gasteiger partial charge is 0.497 e. The van der Waals surface area contributed by atoms with Crippen LogP contribution in [0.3, 0.4) is 0 Å². The first kappa shape index (κ1) is 25.2. The van der Waals surface area contributed by atoms with Crippen LogP contribution in [0.25, 0.3) is 0 Å². The van der Waals surface area contributed by atoms with E-state index in [-0.39, 0.29) is 17.6 Å². The maximum absolute atomic E-state index is 14.0. The summed E-state index contributed by atoms with van der Waals surface area (Å²) in [7, 11) is 3.04. The third-order valence-corrected chi connectivity index (χ3v) is 6.40. The number of rotatable bonds is 8. The van der Waals surface area contributed by atoms with E-state index in [1.165, 1.54) is 49.6 Å². The van der Waals surface area contributed by atoms with Crippen LogP contribution < -0.4 is 19.7 Å². The monoisotopic (exact) mass is 491 g/mol. The van der Waals surface area contributed by atoms with E-state index in [4.69, 9.17) is 9.47 Å². The normalized spacial score (nSPS) is 14.5. The molecule has 0 saturated heterocycles. The SMILES string of the molecule is COc1ccc([C@@H](C(=O)NC2CCCCC2)N(C(=O)c2ccccn2)c2ccc(F)cc2)c(OC)c1. The number of pyridine rings is 1. The Kier molecular flexibility index (Phi) is 8.15. The third kappa shape index (κ3) is 5.64. The van der Waals surface area contributed by atoms with Crippen molar-refractivity contribution < 1.29 is 23.5 Å². The number of hydrogen-bond donors (Lipinski definition) is 1. The smallest absolute Gasteiger partial charge is 0.277 e. The molecule has 1 aliphatic carbocycles. The Morgan fingerprint density at radius 1 is 1.00 bits per heavy atom. The number of anilines is 1. The van der Waals surface area contributed by atoms with Gasteiger partial charge in [-0.25, -0.2) is 4.39 Å². The van der Waals surface area contributed by atoms with Crippen LogP contribution in [0.1, 0.15) is 54.2 Å². The first-order valence-corrected chi connectivity index (χ1v) is 12.0. The molecule has 2 amide bonds. The molecule has 1 atom stereocenters. The first-order valence-electron chi connectivity index (χ1n) is 12.0. The Bertz CT molecular complexity index is 1180. The maximum atomic E-state index is 14.0. The van der Waals surface area contributed by atoms with Gasteiger partial charge in [-0.3, -0.25) is 19.5 Å². The molecule has 0 aliphatic heterocycles. The number of aromatic nitrogens is 1. The van der Waals surface area contributed by atoms with Crippen LogP contribution in [0, 0.1) is 5.82 Å². The second kappa shape index (κ2) is 11.7. The summed E-state index contributed by atoms with van der Waals surface area (Å²) >= 11 is 0. The van der Waals surface area contributed by atoms with Gasteiger partial charge in [0.2, 0.25) is 5.91 Å². The van der Waals surface area contributed by atoms with Crippen LogP contribution in [-0.2, 0) is 4.79 Å². The summed E-state index contributed by atoms with van der Waals surface area (Å²) in [4.78, 5) is 33.4. The fourth-order valence-corrected chi connectivity index (χ4v) is 4.57. The number of carbonyl (C=O) groups is 2. The van der Waals surface area contributed by atoms with Gasteiger partial charge in [0.1, 0.15) is 29.1 Å². The molecule has 7 nitrogen and oxygen atoms in total. The van der Waals surface area contributed by atoms with E-state index in [0.717, 1.165) is 32.1 Å². The molecule has 188 valence electrons. The second-order valence-electron chi connectivity index (χ2n) is 8.72. The van der Waals surface area contributed by atoms with Gasteiger partial charge in [-0.1, -0.05) is 25.3 Å². The van der Waals surface area contributed by atoms with E-state index >= 15 is 0 Å². The summed E-state index contributed by atoms with van der Waals surface area (Å²) in [5.74, 6) is -0.359. The van der Waals surface area contributed by atoms with Crippen molar-refractivity contribution in [3.05, 3.63) is 83.9 Å². The molecule has 1 aliphatic rings. The fraction of sp³-hybridized carbons (Fsp3) is 0.321. The van der Waals surface area contributed by atoms with E-state index in [0.29, 0.717) is 22.7 Å². The number of hydrogen-bond acceptors (Lipinski definition) is 5. The van der Waals surface area contributed by atoms with Crippen molar-refractivity contribution in [2.45, 2.75) is 44.2 Å². The number of carbonyl (C=O) groups excluding carboxylic acids is 2. The predicted octanol–water partition coefficient (Wildman–Crippen LogP) is 5.07. The number of benzene rings is 2. The van der Waals surface area contributed by atoms with Crippen molar-refractivity contribution in [3.63, 3.8) is 0 Å². The first-order chi connectivity index (χ1) is 17.5. The van der Waals surface area contributed by atoms with E-state index in [1.807, 2.05) is 0 Å². The van der Waals surface area contributed by atoms with Crippen molar-refractivity contribution >= 4 is 17.5 Å². The molecule has 2 aromatic carbocycles. The average Bonchev–Trinajstić information content (AvgIpc) is 2.92. The van der Waals surface area contributed by atoms with Crippen LogP contribution >= 0.6 is 0 Å². The molecule has 1 fully saturated rings. The number of halogens is 1. The van der Waals surface area contributed by atoms with Gasteiger partial charge in [-0.05, 0) is 61.4 Å². The van der Waals surface area contributed by atoms with Gasteiger partial charge in [0.25, 0.3) is 5.91 Å². The van der Waals surface area contributed by atoms with Crippen molar-refractivity contribution in [2.24, 2.45) is 0 Å². The van der Waals surface area contributed by atoms with Crippen LogP contribution in [0.5, 0.6) is 11.5 Å². The molecule has 1 aromatic heterocycles. The number of methoxy groups -OCH3 is 2. The molecule has 36 heavy (non-hydrogen) atoms. The third-order valence-electron chi connectivity index (χ3n) is 6.40. The molecule has 1 saturated carbocycles. The minimum absolute atomic E-state index is 0.0120. The lowest BCUT2D eigenvalue weighted by atomic mass is 9.94. The number of amides is 2. The second-order valence-corrected chi connectivity index (χ2v) is 8.72. The molecule has 0 unspecified atom stereocenters. The van der Waals surface area contributed by atoms with Crippen LogP contribution in [0.2, 0.25) is 0 Å². The van der Waals surface area contributed by atoms with E-state index < -0.39 is 17.8 Å². The van der Waals surface area contributed by atoms with Gasteiger partial charge in [0, 0.05) is 29.6 Å². The van der Waals surface area contributed by atoms with Gasteiger partial charge >= 0.3 is 0 Å². The molecule has 0 radical (unpaired) electrons. The minimum Gasteiger partial charge on any atom is -0.497 e. The standard InChI is InChI=1S/C28H30FN3O4/c1-35-22-15-16-23(25(18-22)36-2)26(27(33)31-20-8-4-3-5-9-20)32(21-13-11-19(29)12-14-21)28(34)24-10-6-7-17-30-24/h6-7,10-18,20,26H,3-5,8-9H2,1-2H3,(H,31,33)/t26-/m0/s1. The predicted molar refractivity (Wildman–Crippen MR) is 135 cm³/mol.